The molecule has 1 aliphatic rings. The van der Waals surface area contributed by atoms with E-state index in [0.29, 0.717) is 24.4 Å². The topological polar surface area (TPSA) is 38.8 Å². The molecule has 1 aliphatic heterocycles. The van der Waals surface area contributed by atoms with Crippen LogP contribution in [0.1, 0.15) is 37.0 Å². The van der Waals surface area contributed by atoms with Crippen molar-refractivity contribution in [3.63, 3.8) is 0 Å². The van der Waals surface area contributed by atoms with E-state index in [-0.39, 0.29) is 0 Å². The molecule has 4 heteroatoms. The van der Waals surface area contributed by atoms with Gasteiger partial charge in [0.1, 0.15) is 12.0 Å². The molecule has 0 spiro atoms. The number of benzene rings is 1. The lowest BCUT2D eigenvalue weighted by molar-refractivity contribution is -0.0682. The molecule has 0 N–H and O–H groups in total. The van der Waals surface area contributed by atoms with Gasteiger partial charge in [-0.1, -0.05) is 12.1 Å². The molecule has 0 amide bonds. The van der Waals surface area contributed by atoms with Crippen molar-refractivity contribution in [3.8, 4) is 5.75 Å². The summed E-state index contributed by atoms with van der Waals surface area (Å²) >= 11 is 0. The minimum atomic E-state index is 0.330. The Bertz CT molecular complexity index is 439. The molecule has 1 aromatic rings. The third-order valence-corrected chi connectivity index (χ3v) is 3.63. The molecule has 2 rings (SSSR count). The second-order valence-corrected chi connectivity index (χ2v) is 5.76. The van der Waals surface area contributed by atoms with Crippen molar-refractivity contribution in [2.24, 2.45) is 0 Å². The highest BCUT2D eigenvalue weighted by Gasteiger charge is 2.21. The molecule has 1 fully saturated rings. The van der Waals surface area contributed by atoms with Gasteiger partial charge in [-0.05, 0) is 45.4 Å². The van der Waals surface area contributed by atoms with Gasteiger partial charge in [0.2, 0.25) is 0 Å². The molecule has 1 aromatic carbocycles. The normalized spacial score (nSPS) is 23.0. The zero-order valence-electron chi connectivity index (χ0n) is 13.0. The predicted molar refractivity (Wildman–Crippen MR) is 83.0 cm³/mol. The molecule has 0 radical (unpaired) electrons. The zero-order valence-corrected chi connectivity index (χ0v) is 13.0. The minimum absolute atomic E-state index is 0.330. The molecule has 1 saturated heterocycles. The minimum Gasteiger partial charge on any atom is -0.494 e. The second-order valence-electron chi connectivity index (χ2n) is 5.76. The number of aldehydes is 1. The van der Waals surface area contributed by atoms with Crippen LogP contribution in [0.2, 0.25) is 0 Å². The van der Waals surface area contributed by atoms with Crippen molar-refractivity contribution in [2.75, 3.05) is 26.2 Å². The van der Waals surface area contributed by atoms with E-state index >= 15 is 0 Å². The Hall–Kier alpha value is -1.39. The van der Waals surface area contributed by atoms with Crippen molar-refractivity contribution < 1.29 is 14.3 Å². The van der Waals surface area contributed by atoms with Crippen LogP contribution in [0.3, 0.4) is 0 Å². The molecule has 116 valence electrons. The fourth-order valence-corrected chi connectivity index (χ4v) is 2.77. The molecular formula is C17H25NO3. The van der Waals surface area contributed by atoms with E-state index in [2.05, 4.69) is 18.7 Å². The van der Waals surface area contributed by atoms with Gasteiger partial charge in [-0.15, -0.1) is 0 Å². The lowest BCUT2D eigenvalue weighted by Gasteiger charge is -2.35. The third-order valence-electron chi connectivity index (χ3n) is 3.63. The Labute approximate surface area is 127 Å². The molecule has 4 nitrogen and oxygen atoms in total. The number of rotatable bonds is 7. The van der Waals surface area contributed by atoms with Gasteiger partial charge in [-0.25, -0.2) is 0 Å². The highest BCUT2D eigenvalue weighted by atomic mass is 16.5. The molecule has 1 heterocycles. The summed E-state index contributed by atoms with van der Waals surface area (Å²) in [6, 6.07) is 7.28. The summed E-state index contributed by atoms with van der Waals surface area (Å²) in [6.45, 7) is 8.09. The van der Waals surface area contributed by atoms with E-state index in [0.717, 1.165) is 44.5 Å². The first-order valence-electron chi connectivity index (χ1n) is 7.73. The predicted octanol–water partition coefficient (Wildman–Crippen LogP) is 2.77. The fraction of sp³-hybridized carbons (Fsp3) is 0.588. The van der Waals surface area contributed by atoms with Crippen molar-refractivity contribution in [2.45, 2.75) is 38.9 Å². The van der Waals surface area contributed by atoms with Crippen molar-refractivity contribution in [1.29, 1.82) is 0 Å². The molecule has 0 bridgehead atoms. The summed E-state index contributed by atoms with van der Waals surface area (Å²) in [4.78, 5) is 13.2. The Balaban J connectivity index is 1.62. The van der Waals surface area contributed by atoms with Gasteiger partial charge in [0.25, 0.3) is 0 Å². The summed E-state index contributed by atoms with van der Waals surface area (Å²) in [5, 5.41) is 0. The second kappa shape index (κ2) is 8.15. The highest BCUT2D eigenvalue weighted by molar-refractivity contribution is 5.75. The van der Waals surface area contributed by atoms with Crippen LogP contribution < -0.4 is 4.74 Å². The fourth-order valence-electron chi connectivity index (χ4n) is 2.77. The SMILES string of the molecule is C[C@H]1CN(CCCCOc2cccc(C=O)c2)C[C@H](C)O1. The molecule has 0 saturated carbocycles. The number of unbranched alkanes of at least 4 members (excludes halogenated alkanes) is 1. The number of carbonyl (C=O) groups is 1. The molecule has 0 aliphatic carbocycles. The zero-order chi connectivity index (χ0) is 15.1. The van der Waals surface area contributed by atoms with Gasteiger partial charge < -0.3 is 9.47 Å². The number of ether oxygens (including phenoxy) is 2. The quantitative estimate of drug-likeness (QED) is 0.572. The van der Waals surface area contributed by atoms with Crippen LogP contribution in [0.15, 0.2) is 24.3 Å². The maximum atomic E-state index is 10.7. The van der Waals surface area contributed by atoms with Crippen LogP contribution in [-0.2, 0) is 4.74 Å². The average molecular weight is 291 g/mol. The lowest BCUT2D eigenvalue weighted by atomic mass is 10.2. The maximum absolute atomic E-state index is 10.7. The van der Waals surface area contributed by atoms with Crippen LogP contribution in [0, 0.1) is 0 Å². The van der Waals surface area contributed by atoms with E-state index in [1.807, 2.05) is 12.1 Å². The first-order valence-corrected chi connectivity index (χ1v) is 7.73. The van der Waals surface area contributed by atoms with Gasteiger partial charge in [0, 0.05) is 18.7 Å². The van der Waals surface area contributed by atoms with E-state index in [1.165, 1.54) is 0 Å². The molecule has 0 unspecified atom stereocenters. The average Bonchev–Trinajstić information content (AvgIpc) is 2.46. The summed E-state index contributed by atoms with van der Waals surface area (Å²) < 4.78 is 11.4. The molecular weight excluding hydrogens is 266 g/mol. The van der Waals surface area contributed by atoms with Crippen molar-refractivity contribution in [1.82, 2.24) is 4.90 Å². The summed E-state index contributed by atoms with van der Waals surface area (Å²) in [5.74, 6) is 0.771. The Morgan fingerprint density at radius 2 is 2.05 bits per heavy atom. The first-order chi connectivity index (χ1) is 10.2. The summed E-state index contributed by atoms with van der Waals surface area (Å²) in [7, 11) is 0. The van der Waals surface area contributed by atoms with Gasteiger partial charge in [-0.3, -0.25) is 9.69 Å². The number of nitrogens with zero attached hydrogens (tertiary/aromatic N) is 1. The van der Waals surface area contributed by atoms with Crippen LogP contribution in [0.25, 0.3) is 0 Å². The largest absolute Gasteiger partial charge is 0.494 e. The van der Waals surface area contributed by atoms with Crippen LogP contribution in [0.4, 0.5) is 0 Å². The maximum Gasteiger partial charge on any atom is 0.150 e. The van der Waals surface area contributed by atoms with E-state index in [9.17, 15) is 4.79 Å². The van der Waals surface area contributed by atoms with Crippen LogP contribution >= 0.6 is 0 Å². The van der Waals surface area contributed by atoms with E-state index in [4.69, 9.17) is 9.47 Å². The summed E-state index contributed by atoms with van der Waals surface area (Å²) in [5.41, 5.74) is 0.656. The Morgan fingerprint density at radius 1 is 1.29 bits per heavy atom. The van der Waals surface area contributed by atoms with E-state index < -0.39 is 0 Å². The van der Waals surface area contributed by atoms with Crippen LogP contribution in [0.5, 0.6) is 5.75 Å². The molecule has 0 aromatic heterocycles. The third kappa shape index (κ3) is 5.48. The van der Waals surface area contributed by atoms with Crippen molar-refractivity contribution >= 4 is 6.29 Å². The van der Waals surface area contributed by atoms with Gasteiger partial charge in [0.05, 0.1) is 18.8 Å². The van der Waals surface area contributed by atoms with E-state index in [1.54, 1.807) is 12.1 Å². The lowest BCUT2D eigenvalue weighted by Crippen LogP contribution is -2.45. The first kappa shape index (κ1) is 16.0. The standard InChI is InChI=1S/C17H25NO3/c1-14-11-18(12-15(2)21-14)8-3-4-9-20-17-7-5-6-16(10-17)13-19/h5-7,10,13-15H,3-4,8-9,11-12H2,1-2H3/t14-,15-/m0/s1. The van der Waals surface area contributed by atoms with Gasteiger partial charge in [-0.2, -0.15) is 0 Å². The van der Waals surface area contributed by atoms with Gasteiger partial charge in [0.15, 0.2) is 0 Å². The number of hydrogen-bond acceptors (Lipinski definition) is 4. The smallest absolute Gasteiger partial charge is 0.150 e. The van der Waals surface area contributed by atoms with Gasteiger partial charge >= 0.3 is 0 Å². The van der Waals surface area contributed by atoms with Crippen molar-refractivity contribution in [3.05, 3.63) is 29.8 Å². The summed E-state index contributed by atoms with van der Waals surface area (Å²) in [6.07, 6.45) is 3.64. The number of hydrogen-bond donors (Lipinski definition) is 0. The monoisotopic (exact) mass is 291 g/mol. The van der Waals surface area contributed by atoms with Crippen LogP contribution in [-0.4, -0.2) is 49.6 Å². The molecule has 21 heavy (non-hydrogen) atoms. The Kier molecular flexibility index (Phi) is 6.21. The Morgan fingerprint density at radius 3 is 2.76 bits per heavy atom. The number of carbonyl (C=O) groups excluding carboxylic acids is 1. The number of morpholine rings is 1. The molecule has 2 atom stereocenters. The highest BCUT2D eigenvalue weighted by Crippen LogP contribution is 2.13.